The zero-order chi connectivity index (χ0) is 12.3. The number of aromatic hydroxyl groups is 1. The highest BCUT2D eigenvalue weighted by atomic mass is 16.5. The van der Waals surface area contributed by atoms with Gasteiger partial charge in [0.1, 0.15) is 5.56 Å². The van der Waals surface area contributed by atoms with Crippen LogP contribution in [0.3, 0.4) is 0 Å². The van der Waals surface area contributed by atoms with E-state index in [-0.39, 0.29) is 22.6 Å². The molecule has 16 heavy (non-hydrogen) atoms. The van der Waals surface area contributed by atoms with Crippen LogP contribution in [-0.4, -0.2) is 36.2 Å². The quantitative estimate of drug-likeness (QED) is 0.744. The van der Waals surface area contributed by atoms with Crippen molar-refractivity contribution in [2.24, 2.45) is 0 Å². The number of rotatable bonds is 2. The van der Waals surface area contributed by atoms with Gasteiger partial charge in [-0.2, -0.15) is 0 Å². The smallest absolute Gasteiger partial charge is 0.342 e. The van der Waals surface area contributed by atoms with Crippen LogP contribution in [0.1, 0.15) is 26.4 Å². The van der Waals surface area contributed by atoms with E-state index < -0.39 is 11.9 Å². The first-order chi connectivity index (χ1) is 7.52. The van der Waals surface area contributed by atoms with Crippen LogP contribution >= 0.6 is 0 Å². The average molecular weight is 225 g/mol. The Morgan fingerprint density at radius 2 is 1.81 bits per heavy atom. The van der Waals surface area contributed by atoms with Crippen LogP contribution in [0.15, 0.2) is 6.20 Å². The molecule has 0 aliphatic heterocycles. The van der Waals surface area contributed by atoms with Crippen molar-refractivity contribution in [2.75, 3.05) is 14.2 Å². The zero-order valence-electron chi connectivity index (χ0n) is 9.10. The molecule has 1 rings (SSSR count). The highest BCUT2D eigenvalue weighted by molar-refractivity contribution is 6.04. The number of methoxy groups -OCH3 is 2. The number of nitrogens with zero attached hydrogens (tertiary/aromatic N) is 1. The van der Waals surface area contributed by atoms with Gasteiger partial charge >= 0.3 is 11.9 Å². The van der Waals surface area contributed by atoms with E-state index in [0.717, 1.165) is 13.3 Å². The van der Waals surface area contributed by atoms with Gasteiger partial charge in [0.25, 0.3) is 0 Å². The van der Waals surface area contributed by atoms with E-state index >= 15 is 0 Å². The van der Waals surface area contributed by atoms with Gasteiger partial charge in [-0.15, -0.1) is 0 Å². The molecule has 1 N–H and O–H groups in total. The summed E-state index contributed by atoms with van der Waals surface area (Å²) in [5, 5.41) is 9.65. The van der Waals surface area contributed by atoms with Crippen molar-refractivity contribution in [1.82, 2.24) is 4.98 Å². The lowest BCUT2D eigenvalue weighted by atomic mass is 10.1. The number of carbonyl (C=O) groups excluding carboxylic acids is 2. The molecule has 0 saturated carbocycles. The minimum absolute atomic E-state index is 0.127. The number of esters is 2. The maximum atomic E-state index is 11.4. The van der Waals surface area contributed by atoms with Gasteiger partial charge in [0.15, 0.2) is 5.75 Å². The maximum absolute atomic E-state index is 11.4. The minimum Gasteiger partial charge on any atom is -0.505 e. The van der Waals surface area contributed by atoms with Gasteiger partial charge in [-0.25, -0.2) is 9.59 Å². The number of ether oxygens (including phenoxy) is 2. The second-order valence-electron chi connectivity index (χ2n) is 2.96. The molecule has 6 heteroatoms. The van der Waals surface area contributed by atoms with E-state index in [1.807, 2.05) is 0 Å². The van der Waals surface area contributed by atoms with E-state index in [4.69, 9.17) is 0 Å². The van der Waals surface area contributed by atoms with Gasteiger partial charge in [0.2, 0.25) is 0 Å². The Balaban J connectivity index is 3.44. The number of pyridine rings is 1. The van der Waals surface area contributed by atoms with Crippen molar-refractivity contribution in [3.05, 3.63) is 23.0 Å². The molecular weight excluding hydrogens is 214 g/mol. The molecule has 86 valence electrons. The molecule has 0 saturated heterocycles. The Hall–Kier alpha value is -2.11. The molecule has 1 heterocycles. The molecule has 0 atom stereocenters. The summed E-state index contributed by atoms with van der Waals surface area (Å²) >= 11 is 0. The predicted molar refractivity (Wildman–Crippen MR) is 53.3 cm³/mol. The average Bonchev–Trinajstić information content (AvgIpc) is 2.30. The summed E-state index contributed by atoms with van der Waals surface area (Å²) in [5.41, 5.74) is -0.132. The summed E-state index contributed by atoms with van der Waals surface area (Å²) in [6.07, 6.45) is 1.16. The van der Waals surface area contributed by atoms with Crippen molar-refractivity contribution in [3.63, 3.8) is 0 Å². The molecule has 0 bridgehead atoms. The molecule has 1 aromatic heterocycles. The van der Waals surface area contributed by atoms with E-state index in [1.165, 1.54) is 14.0 Å². The standard InChI is InChI=1S/C10H11NO5/c1-5-8(12)7(10(14)16-3)6(4-11-5)9(13)15-2/h4,12H,1-3H3. The summed E-state index contributed by atoms with van der Waals surface area (Å²) in [6, 6.07) is 0. The Morgan fingerprint density at radius 1 is 1.25 bits per heavy atom. The van der Waals surface area contributed by atoms with Crippen LogP contribution in [-0.2, 0) is 9.47 Å². The van der Waals surface area contributed by atoms with Gasteiger partial charge in [-0.05, 0) is 6.92 Å². The maximum Gasteiger partial charge on any atom is 0.342 e. The first-order valence-electron chi connectivity index (χ1n) is 4.38. The van der Waals surface area contributed by atoms with Gasteiger partial charge in [0.05, 0.1) is 25.5 Å². The molecule has 0 radical (unpaired) electrons. The number of hydrogen-bond donors (Lipinski definition) is 1. The zero-order valence-corrected chi connectivity index (χ0v) is 9.10. The Bertz CT molecular complexity index is 441. The molecular formula is C10H11NO5. The monoisotopic (exact) mass is 225 g/mol. The molecule has 0 amide bonds. The molecule has 0 aliphatic rings. The first-order valence-corrected chi connectivity index (χ1v) is 4.38. The SMILES string of the molecule is COC(=O)c1cnc(C)c(O)c1C(=O)OC. The summed E-state index contributed by atoms with van der Waals surface area (Å²) in [6.45, 7) is 1.50. The number of carbonyl (C=O) groups is 2. The van der Waals surface area contributed by atoms with Crippen molar-refractivity contribution >= 4 is 11.9 Å². The highest BCUT2D eigenvalue weighted by Gasteiger charge is 2.24. The van der Waals surface area contributed by atoms with Crippen molar-refractivity contribution in [3.8, 4) is 5.75 Å². The largest absolute Gasteiger partial charge is 0.505 e. The Morgan fingerprint density at radius 3 is 2.31 bits per heavy atom. The second kappa shape index (κ2) is 4.61. The Labute approximate surface area is 91.8 Å². The Kier molecular flexibility index (Phi) is 3.44. The number of aryl methyl sites for hydroxylation is 1. The number of aromatic nitrogens is 1. The topological polar surface area (TPSA) is 85.7 Å². The summed E-state index contributed by atoms with van der Waals surface area (Å²) < 4.78 is 8.94. The first kappa shape index (κ1) is 12.0. The summed E-state index contributed by atoms with van der Waals surface area (Å²) in [4.78, 5) is 26.5. The summed E-state index contributed by atoms with van der Waals surface area (Å²) in [7, 11) is 2.32. The molecule has 1 aromatic rings. The van der Waals surface area contributed by atoms with E-state index in [0.29, 0.717) is 0 Å². The minimum atomic E-state index is -0.816. The molecule has 0 aliphatic carbocycles. The van der Waals surface area contributed by atoms with Gasteiger partial charge in [0, 0.05) is 6.20 Å². The highest BCUT2D eigenvalue weighted by Crippen LogP contribution is 2.24. The lowest BCUT2D eigenvalue weighted by Crippen LogP contribution is -2.13. The van der Waals surface area contributed by atoms with Crippen LogP contribution in [0.25, 0.3) is 0 Å². The fourth-order valence-corrected chi connectivity index (χ4v) is 1.17. The van der Waals surface area contributed by atoms with Crippen LogP contribution in [0.5, 0.6) is 5.75 Å². The molecule has 0 fully saturated rings. The van der Waals surface area contributed by atoms with Crippen LogP contribution in [0.4, 0.5) is 0 Å². The molecule has 6 nitrogen and oxygen atoms in total. The lowest BCUT2D eigenvalue weighted by molar-refractivity contribution is 0.0551. The van der Waals surface area contributed by atoms with Crippen molar-refractivity contribution < 1.29 is 24.2 Å². The van der Waals surface area contributed by atoms with Crippen molar-refractivity contribution in [2.45, 2.75) is 6.92 Å². The third kappa shape index (κ3) is 1.95. The molecule has 0 unspecified atom stereocenters. The molecule has 0 spiro atoms. The van der Waals surface area contributed by atoms with Gasteiger partial charge in [-0.1, -0.05) is 0 Å². The second-order valence-corrected chi connectivity index (χ2v) is 2.96. The fourth-order valence-electron chi connectivity index (χ4n) is 1.17. The van der Waals surface area contributed by atoms with E-state index in [1.54, 1.807) is 0 Å². The van der Waals surface area contributed by atoms with Crippen molar-refractivity contribution in [1.29, 1.82) is 0 Å². The van der Waals surface area contributed by atoms with Gasteiger partial charge in [-0.3, -0.25) is 4.98 Å². The van der Waals surface area contributed by atoms with E-state index in [9.17, 15) is 14.7 Å². The lowest BCUT2D eigenvalue weighted by Gasteiger charge is -2.09. The van der Waals surface area contributed by atoms with Gasteiger partial charge < -0.3 is 14.6 Å². The third-order valence-corrected chi connectivity index (χ3v) is 2.03. The summed E-state index contributed by atoms with van der Waals surface area (Å²) in [5.74, 6) is -1.96. The van der Waals surface area contributed by atoms with Crippen LogP contribution in [0.2, 0.25) is 0 Å². The number of hydrogen-bond acceptors (Lipinski definition) is 6. The predicted octanol–water partition coefficient (Wildman–Crippen LogP) is 0.669. The third-order valence-electron chi connectivity index (χ3n) is 2.03. The van der Waals surface area contributed by atoms with E-state index in [2.05, 4.69) is 14.5 Å². The normalized spacial score (nSPS) is 9.69. The van der Waals surface area contributed by atoms with Crippen LogP contribution in [0, 0.1) is 6.92 Å². The molecule has 0 aromatic carbocycles. The fraction of sp³-hybridized carbons (Fsp3) is 0.300. The van der Waals surface area contributed by atoms with Crippen LogP contribution < -0.4 is 0 Å².